The molecule has 0 saturated carbocycles. The smallest absolute Gasteiger partial charge is 0.231 e. The van der Waals surface area contributed by atoms with Gasteiger partial charge in [0.2, 0.25) is 6.79 Å². The minimum absolute atomic E-state index is 0.176. The van der Waals surface area contributed by atoms with Crippen molar-refractivity contribution in [1.29, 1.82) is 0 Å². The number of likely N-dealkylation sites (tertiary alicyclic amines) is 1. The highest BCUT2D eigenvalue weighted by atomic mass is 79.9. The summed E-state index contributed by atoms with van der Waals surface area (Å²) in [5.74, 6) is 2.01. The molecule has 2 aliphatic heterocycles. The Balaban J connectivity index is 1.49. The van der Waals surface area contributed by atoms with E-state index in [-0.39, 0.29) is 6.04 Å². The topological polar surface area (TPSA) is 47.7 Å². The summed E-state index contributed by atoms with van der Waals surface area (Å²) < 4.78 is 11.9. The number of ether oxygens (including phenoxy) is 2. The molecule has 2 aliphatic rings. The van der Waals surface area contributed by atoms with E-state index in [0.717, 1.165) is 35.6 Å². The second kappa shape index (κ2) is 6.15. The summed E-state index contributed by atoms with van der Waals surface area (Å²) in [6, 6.07) is 14.9. The van der Waals surface area contributed by atoms with Gasteiger partial charge in [-0.25, -0.2) is 0 Å². The van der Waals surface area contributed by atoms with Crippen molar-refractivity contribution in [2.75, 3.05) is 19.9 Å². The SMILES string of the molecule is N[C@@H]1CN(Cc2cc(Br)c3c(c2)OCO3)C[C@H]1c1ccccc1. The Morgan fingerprint density at radius 2 is 1.96 bits per heavy atom. The molecule has 0 amide bonds. The van der Waals surface area contributed by atoms with Crippen LogP contribution in [-0.4, -0.2) is 30.8 Å². The minimum Gasteiger partial charge on any atom is -0.454 e. The highest BCUT2D eigenvalue weighted by Crippen LogP contribution is 2.40. The number of hydrogen-bond acceptors (Lipinski definition) is 4. The average molecular weight is 375 g/mol. The largest absolute Gasteiger partial charge is 0.454 e. The Morgan fingerprint density at radius 1 is 1.13 bits per heavy atom. The number of benzene rings is 2. The molecule has 120 valence electrons. The molecule has 5 heteroatoms. The first-order valence-corrected chi connectivity index (χ1v) is 8.61. The fraction of sp³-hybridized carbons (Fsp3) is 0.333. The van der Waals surface area contributed by atoms with Crippen molar-refractivity contribution in [2.45, 2.75) is 18.5 Å². The maximum absolute atomic E-state index is 6.38. The van der Waals surface area contributed by atoms with Gasteiger partial charge in [-0.15, -0.1) is 0 Å². The quantitative estimate of drug-likeness (QED) is 0.896. The molecular weight excluding hydrogens is 356 g/mol. The van der Waals surface area contributed by atoms with E-state index in [1.165, 1.54) is 11.1 Å². The molecule has 4 nitrogen and oxygen atoms in total. The number of nitrogens with two attached hydrogens (primary N) is 1. The first kappa shape index (κ1) is 15.0. The summed E-state index contributed by atoms with van der Waals surface area (Å²) in [5.41, 5.74) is 8.92. The van der Waals surface area contributed by atoms with Gasteiger partial charge in [-0.3, -0.25) is 4.90 Å². The molecule has 0 bridgehead atoms. The highest BCUT2D eigenvalue weighted by molar-refractivity contribution is 9.10. The van der Waals surface area contributed by atoms with E-state index in [0.29, 0.717) is 12.7 Å². The Labute approximate surface area is 144 Å². The summed E-state index contributed by atoms with van der Waals surface area (Å²) >= 11 is 3.56. The van der Waals surface area contributed by atoms with Gasteiger partial charge in [-0.1, -0.05) is 30.3 Å². The molecule has 0 aromatic heterocycles. The standard InChI is InChI=1S/C18H19BrN2O2/c19-15-6-12(7-17-18(15)23-11-22-17)8-21-9-14(16(20)10-21)13-4-2-1-3-5-13/h1-7,14,16H,8-11,20H2/t14-,16+/m0/s1. The van der Waals surface area contributed by atoms with Crippen molar-refractivity contribution in [3.8, 4) is 11.5 Å². The lowest BCUT2D eigenvalue weighted by atomic mass is 9.95. The van der Waals surface area contributed by atoms with Crippen molar-refractivity contribution in [3.63, 3.8) is 0 Å². The van der Waals surface area contributed by atoms with Crippen molar-refractivity contribution in [3.05, 3.63) is 58.1 Å². The van der Waals surface area contributed by atoms with E-state index in [9.17, 15) is 0 Å². The highest BCUT2D eigenvalue weighted by Gasteiger charge is 2.31. The third-order valence-corrected chi connectivity index (χ3v) is 5.15. The number of fused-ring (bicyclic) bond motifs is 1. The van der Waals surface area contributed by atoms with Crippen LogP contribution >= 0.6 is 15.9 Å². The summed E-state index contributed by atoms with van der Waals surface area (Å²) in [5, 5.41) is 0. The van der Waals surface area contributed by atoms with Gasteiger partial charge in [-0.2, -0.15) is 0 Å². The molecule has 0 spiro atoms. The number of hydrogen-bond donors (Lipinski definition) is 1. The monoisotopic (exact) mass is 374 g/mol. The summed E-state index contributed by atoms with van der Waals surface area (Å²) in [4.78, 5) is 2.41. The van der Waals surface area contributed by atoms with E-state index < -0.39 is 0 Å². The van der Waals surface area contributed by atoms with Crippen molar-refractivity contribution >= 4 is 15.9 Å². The molecule has 23 heavy (non-hydrogen) atoms. The van der Waals surface area contributed by atoms with E-state index in [2.05, 4.69) is 57.2 Å². The second-order valence-corrected chi connectivity index (χ2v) is 7.04. The molecule has 0 aliphatic carbocycles. The number of rotatable bonds is 3. The van der Waals surface area contributed by atoms with Crippen LogP contribution in [0.5, 0.6) is 11.5 Å². The summed E-state index contributed by atoms with van der Waals surface area (Å²) in [6.45, 7) is 3.05. The van der Waals surface area contributed by atoms with Crippen LogP contribution in [-0.2, 0) is 6.54 Å². The molecule has 2 heterocycles. The first-order valence-electron chi connectivity index (χ1n) is 7.81. The van der Waals surface area contributed by atoms with Crippen molar-refractivity contribution in [2.24, 2.45) is 5.73 Å². The van der Waals surface area contributed by atoms with Gasteiger partial charge in [-0.05, 0) is 39.2 Å². The van der Waals surface area contributed by atoms with Gasteiger partial charge in [0.1, 0.15) is 0 Å². The zero-order valence-corrected chi connectivity index (χ0v) is 14.3. The lowest BCUT2D eigenvalue weighted by Gasteiger charge is -2.16. The van der Waals surface area contributed by atoms with Crippen molar-refractivity contribution in [1.82, 2.24) is 4.90 Å². The zero-order valence-electron chi connectivity index (χ0n) is 12.7. The van der Waals surface area contributed by atoms with Crippen LogP contribution < -0.4 is 15.2 Å². The maximum Gasteiger partial charge on any atom is 0.231 e. The zero-order chi connectivity index (χ0) is 15.8. The van der Waals surface area contributed by atoms with E-state index in [4.69, 9.17) is 15.2 Å². The normalized spacial score (nSPS) is 23.4. The lowest BCUT2D eigenvalue weighted by Crippen LogP contribution is -2.28. The Hall–Kier alpha value is -1.56. The van der Waals surface area contributed by atoms with E-state index in [1.807, 2.05) is 6.07 Å². The van der Waals surface area contributed by atoms with Crippen LogP contribution in [0.2, 0.25) is 0 Å². The Kier molecular flexibility index (Phi) is 4.01. The fourth-order valence-electron chi connectivity index (χ4n) is 3.47. The molecular formula is C18H19BrN2O2. The molecule has 4 rings (SSSR count). The molecule has 2 N–H and O–H groups in total. The third kappa shape index (κ3) is 2.96. The van der Waals surface area contributed by atoms with Gasteiger partial charge < -0.3 is 15.2 Å². The maximum atomic E-state index is 6.38. The summed E-state index contributed by atoms with van der Waals surface area (Å²) in [6.07, 6.45) is 0. The molecule has 2 aromatic carbocycles. The Bertz CT molecular complexity index is 708. The van der Waals surface area contributed by atoms with Crippen LogP contribution in [0.15, 0.2) is 46.9 Å². The first-order chi connectivity index (χ1) is 11.2. The third-order valence-electron chi connectivity index (χ3n) is 4.56. The molecule has 1 saturated heterocycles. The van der Waals surface area contributed by atoms with Gasteiger partial charge in [0.15, 0.2) is 11.5 Å². The average Bonchev–Trinajstić information content (AvgIpc) is 3.15. The molecule has 0 unspecified atom stereocenters. The van der Waals surface area contributed by atoms with Gasteiger partial charge in [0, 0.05) is 31.6 Å². The van der Waals surface area contributed by atoms with Crippen LogP contribution in [0.3, 0.4) is 0 Å². The van der Waals surface area contributed by atoms with E-state index in [1.54, 1.807) is 0 Å². The minimum atomic E-state index is 0.176. The van der Waals surface area contributed by atoms with E-state index >= 15 is 0 Å². The van der Waals surface area contributed by atoms with Crippen molar-refractivity contribution < 1.29 is 9.47 Å². The second-order valence-electron chi connectivity index (χ2n) is 6.19. The fourth-order valence-corrected chi connectivity index (χ4v) is 4.07. The molecule has 2 aromatic rings. The molecule has 1 fully saturated rings. The molecule has 2 atom stereocenters. The molecule has 0 radical (unpaired) electrons. The summed E-state index contributed by atoms with van der Waals surface area (Å²) in [7, 11) is 0. The predicted octanol–water partition coefficient (Wildman–Crippen LogP) is 3.10. The van der Waals surface area contributed by atoms with Crippen LogP contribution in [0.1, 0.15) is 17.0 Å². The van der Waals surface area contributed by atoms with Gasteiger partial charge in [0.05, 0.1) is 4.47 Å². The van der Waals surface area contributed by atoms with Crippen LogP contribution in [0.25, 0.3) is 0 Å². The van der Waals surface area contributed by atoms with Crippen LogP contribution in [0, 0.1) is 0 Å². The lowest BCUT2D eigenvalue weighted by molar-refractivity contribution is 0.173. The number of nitrogens with zero attached hydrogens (tertiary/aromatic N) is 1. The Morgan fingerprint density at radius 3 is 2.78 bits per heavy atom. The predicted molar refractivity (Wildman–Crippen MR) is 92.7 cm³/mol. The van der Waals surface area contributed by atoms with Crippen LogP contribution in [0.4, 0.5) is 0 Å². The van der Waals surface area contributed by atoms with Gasteiger partial charge in [0.25, 0.3) is 0 Å². The van der Waals surface area contributed by atoms with Gasteiger partial charge >= 0.3 is 0 Å². The number of halogens is 1.